The molecule has 10 heteroatoms. The summed E-state index contributed by atoms with van der Waals surface area (Å²) >= 11 is 0. The van der Waals surface area contributed by atoms with Crippen LogP contribution in [0.25, 0.3) is 0 Å². The van der Waals surface area contributed by atoms with Gasteiger partial charge in [0.1, 0.15) is 6.04 Å². The first-order chi connectivity index (χ1) is 13.1. The maximum atomic E-state index is 12.4. The van der Waals surface area contributed by atoms with Gasteiger partial charge in [-0.2, -0.15) is 0 Å². The van der Waals surface area contributed by atoms with E-state index in [9.17, 15) is 19.6 Å². The summed E-state index contributed by atoms with van der Waals surface area (Å²) in [5, 5.41) is 22.2. The lowest BCUT2D eigenvalue weighted by molar-refractivity contribution is -0.147. The minimum Gasteiger partial charge on any atom is -0.733 e. The Morgan fingerprint density at radius 3 is 2.43 bits per heavy atom. The summed E-state index contributed by atoms with van der Waals surface area (Å²) in [7, 11) is 4.58. The molecule has 0 unspecified atom stereocenters. The number of carbonyl (C=O) groups is 3. The number of hydrogen-bond donors (Lipinski definition) is 2. The van der Waals surface area contributed by atoms with Gasteiger partial charge in [-0.25, -0.2) is 9.59 Å². The van der Waals surface area contributed by atoms with E-state index in [0.717, 1.165) is 6.07 Å². The lowest BCUT2D eigenvalue weighted by Crippen LogP contribution is -2.47. The molecule has 0 spiro atoms. The maximum Gasteiger partial charge on any atom is 0.340 e. The molecule has 0 saturated carbocycles. The van der Waals surface area contributed by atoms with E-state index in [2.05, 4.69) is 10.1 Å². The predicted molar refractivity (Wildman–Crippen MR) is 102 cm³/mol. The number of rotatable bonds is 9. The standard InChI is InChI=1S/C18H26N3O7/c1-6-11(2)16(18(24)27-5)19-15(22)10-28-17(23)13-9-12(21(25)26)7-8-14(13)20(3)4/h7-9,11,16,25H,6,10H2,1-5H3,(H,19,22)/q-1/t11-,16+/m1/s1. The van der Waals surface area contributed by atoms with Crippen molar-refractivity contribution in [1.82, 2.24) is 5.32 Å². The van der Waals surface area contributed by atoms with E-state index in [1.54, 1.807) is 25.9 Å². The third-order valence-corrected chi connectivity index (χ3v) is 4.22. The normalized spacial score (nSPS) is 12.5. The van der Waals surface area contributed by atoms with Crippen LogP contribution in [-0.4, -0.2) is 56.9 Å². The number of ether oxygens (including phenoxy) is 2. The van der Waals surface area contributed by atoms with E-state index in [0.29, 0.717) is 12.1 Å². The number of nitrogens with zero attached hydrogens (tertiary/aromatic N) is 2. The van der Waals surface area contributed by atoms with Gasteiger partial charge in [0.15, 0.2) is 6.61 Å². The smallest absolute Gasteiger partial charge is 0.340 e. The number of carbonyl (C=O) groups excluding carboxylic acids is 3. The fraction of sp³-hybridized carbons (Fsp3) is 0.500. The Morgan fingerprint density at radius 1 is 1.29 bits per heavy atom. The molecule has 0 bridgehead atoms. The summed E-state index contributed by atoms with van der Waals surface area (Å²) in [5.41, 5.74) is 0.268. The Hall–Kier alpha value is -2.85. The zero-order chi connectivity index (χ0) is 21.4. The molecule has 1 aromatic rings. The van der Waals surface area contributed by atoms with Crippen molar-refractivity contribution < 1.29 is 29.1 Å². The maximum absolute atomic E-state index is 12.4. The SMILES string of the molecule is CC[C@@H](C)[C@H](NC(=O)COC(=O)c1cc(N([O-])O)ccc1N(C)C)C(=O)OC. The Bertz CT molecular complexity index is 706. The topological polar surface area (TPSA) is 131 Å². The highest BCUT2D eigenvalue weighted by Gasteiger charge is 2.27. The van der Waals surface area contributed by atoms with E-state index >= 15 is 0 Å². The number of esters is 2. The Morgan fingerprint density at radius 2 is 1.93 bits per heavy atom. The second-order valence-corrected chi connectivity index (χ2v) is 6.40. The zero-order valence-electron chi connectivity index (χ0n) is 16.6. The molecule has 0 aliphatic rings. The number of anilines is 2. The van der Waals surface area contributed by atoms with Crippen LogP contribution in [-0.2, 0) is 19.1 Å². The lowest BCUT2D eigenvalue weighted by atomic mass is 9.99. The highest BCUT2D eigenvalue weighted by Crippen LogP contribution is 2.25. The number of hydrogen-bond acceptors (Lipinski definition) is 9. The first kappa shape index (κ1) is 23.2. The van der Waals surface area contributed by atoms with Crippen LogP contribution in [0.15, 0.2) is 18.2 Å². The van der Waals surface area contributed by atoms with Crippen molar-refractivity contribution in [2.75, 3.05) is 37.9 Å². The summed E-state index contributed by atoms with van der Waals surface area (Å²) in [4.78, 5) is 37.9. The van der Waals surface area contributed by atoms with Crippen molar-refractivity contribution in [3.05, 3.63) is 29.0 Å². The first-order valence-corrected chi connectivity index (χ1v) is 8.64. The van der Waals surface area contributed by atoms with Crippen molar-refractivity contribution >= 4 is 29.2 Å². The average molecular weight is 396 g/mol. The molecule has 0 aliphatic heterocycles. The van der Waals surface area contributed by atoms with Crippen LogP contribution in [0.5, 0.6) is 0 Å². The molecule has 0 aromatic heterocycles. The molecular formula is C18H26N3O7-. The van der Waals surface area contributed by atoms with Crippen LogP contribution in [0.4, 0.5) is 11.4 Å². The molecule has 1 rings (SSSR count). The number of benzene rings is 1. The highest BCUT2D eigenvalue weighted by atomic mass is 16.8. The molecule has 0 heterocycles. The molecular weight excluding hydrogens is 370 g/mol. The van der Waals surface area contributed by atoms with Crippen molar-refractivity contribution in [1.29, 1.82) is 0 Å². The summed E-state index contributed by atoms with van der Waals surface area (Å²) in [6.07, 6.45) is 0.631. The lowest BCUT2D eigenvalue weighted by Gasteiger charge is -2.24. The third kappa shape index (κ3) is 6.10. The van der Waals surface area contributed by atoms with Crippen LogP contribution < -0.4 is 15.4 Å². The van der Waals surface area contributed by atoms with E-state index in [1.165, 1.54) is 19.2 Å². The van der Waals surface area contributed by atoms with E-state index in [-0.39, 0.29) is 22.4 Å². The molecule has 2 atom stereocenters. The molecule has 0 fully saturated rings. The number of nitrogens with one attached hydrogen (secondary N) is 1. The van der Waals surface area contributed by atoms with Gasteiger partial charge in [0.2, 0.25) is 0 Å². The molecule has 0 radical (unpaired) electrons. The summed E-state index contributed by atoms with van der Waals surface area (Å²) < 4.78 is 9.70. The van der Waals surface area contributed by atoms with Gasteiger partial charge < -0.3 is 30.1 Å². The molecule has 10 nitrogen and oxygen atoms in total. The van der Waals surface area contributed by atoms with Crippen LogP contribution in [0.2, 0.25) is 0 Å². The van der Waals surface area contributed by atoms with Gasteiger partial charge in [-0.15, -0.1) is 0 Å². The molecule has 28 heavy (non-hydrogen) atoms. The Labute approximate surface area is 163 Å². The van der Waals surface area contributed by atoms with Crippen molar-refractivity contribution in [3.8, 4) is 0 Å². The first-order valence-electron chi connectivity index (χ1n) is 8.64. The third-order valence-electron chi connectivity index (χ3n) is 4.22. The minimum absolute atomic E-state index is 0.00311. The second-order valence-electron chi connectivity index (χ2n) is 6.40. The van der Waals surface area contributed by atoms with E-state index < -0.39 is 30.5 Å². The number of amides is 1. The monoisotopic (exact) mass is 396 g/mol. The Balaban J connectivity index is 2.87. The van der Waals surface area contributed by atoms with Crippen molar-refractivity contribution in [2.24, 2.45) is 5.92 Å². The van der Waals surface area contributed by atoms with Gasteiger partial charge in [0.05, 0.1) is 24.0 Å². The molecule has 1 amide bonds. The zero-order valence-corrected chi connectivity index (χ0v) is 16.6. The summed E-state index contributed by atoms with van der Waals surface area (Å²) in [6, 6.07) is 3.09. The molecule has 2 N–H and O–H groups in total. The fourth-order valence-corrected chi connectivity index (χ4v) is 2.42. The molecule has 156 valence electrons. The van der Waals surface area contributed by atoms with Crippen LogP contribution in [0, 0.1) is 11.1 Å². The second kappa shape index (κ2) is 10.5. The molecule has 1 aromatic carbocycles. The van der Waals surface area contributed by atoms with E-state index in [1.807, 2.05) is 6.92 Å². The van der Waals surface area contributed by atoms with Gasteiger partial charge in [-0.05, 0) is 24.1 Å². The van der Waals surface area contributed by atoms with Crippen LogP contribution in [0.3, 0.4) is 0 Å². The van der Waals surface area contributed by atoms with Gasteiger partial charge in [-0.3, -0.25) is 10.0 Å². The van der Waals surface area contributed by atoms with Crippen molar-refractivity contribution in [3.63, 3.8) is 0 Å². The van der Waals surface area contributed by atoms with Gasteiger partial charge in [-0.1, -0.05) is 20.3 Å². The predicted octanol–water partition coefficient (Wildman–Crippen LogP) is 1.31. The van der Waals surface area contributed by atoms with Crippen molar-refractivity contribution in [2.45, 2.75) is 26.3 Å². The van der Waals surface area contributed by atoms with Gasteiger partial charge in [0, 0.05) is 14.1 Å². The Kier molecular flexibility index (Phi) is 8.68. The van der Waals surface area contributed by atoms with Crippen LogP contribution >= 0.6 is 0 Å². The summed E-state index contributed by atoms with van der Waals surface area (Å²) in [5.74, 6) is -2.29. The highest BCUT2D eigenvalue weighted by molar-refractivity contribution is 5.98. The largest absolute Gasteiger partial charge is 0.733 e. The summed E-state index contributed by atoms with van der Waals surface area (Å²) in [6.45, 7) is 3.02. The molecule has 0 aliphatic carbocycles. The van der Waals surface area contributed by atoms with Gasteiger partial charge >= 0.3 is 11.9 Å². The fourth-order valence-electron chi connectivity index (χ4n) is 2.42. The molecule has 0 saturated heterocycles. The number of methoxy groups -OCH3 is 1. The quantitative estimate of drug-likeness (QED) is 0.468. The van der Waals surface area contributed by atoms with Gasteiger partial charge in [0.25, 0.3) is 5.91 Å². The average Bonchev–Trinajstić information content (AvgIpc) is 2.68. The minimum atomic E-state index is -0.860. The van der Waals surface area contributed by atoms with Crippen LogP contribution in [0.1, 0.15) is 30.6 Å². The van der Waals surface area contributed by atoms with E-state index in [4.69, 9.17) is 9.94 Å².